The lowest BCUT2D eigenvalue weighted by atomic mass is 9.84. The first-order valence-corrected chi connectivity index (χ1v) is 11.5. The van der Waals surface area contributed by atoms with Crippen molar-refractivity contribution in [1.82, 2.24) is 4.98 Å². The van der Waals surface area contributed by atoms with E-state index in [1.807, 2.05) is 12.1 Å². The highest BCUT2D eigenvalue weighted by molar-refractivity contribution is 8.01. The summed E-state index contributed by atoms with van der Waals surface area (Å²) in [5, 5.41) is 3.42. The van der Waals surface area contributed by atoms with Crippen LogP contribution < -0.4 is 5.32 Å². The first-order chi connectivity index (χ1) is 15.0. The molecule has 0 bridgehead atoms. The summed E-state index contributed by atoms with van der Waals surface area (Å²) >= 11 is 8.82. The molecule has 0 unspecified atom stereocenters. The molecule has 1 aromatic heterocycles. The minimum Gasteiger partial charge on any atom is -0.325 e. The topological polar surface area (TPSA) is 76.1 Å². The highest BCUT2D eigenvalue weighted by Gasteiger charge is 2.29. The molecule has 0 fully saturated rings. The Balaban J connectivity index is 1.30. The van der Waals surface area contributed by atoms with E-state index in [1.165, 1.54) is 23.1 Å². The van der Waals surface area contributed by atoms with Gasteiger partial charge >= 0.3 is 0 Å². The van der Waals surface area contributed by atoms with Crippen molar-refractivity contribution < 1.29 is 14.4 Å². The molecule has 1 N–H and O–H groups in total. The lowest BCUT2D eigenvalue weighted by Gasteiger charge is -2.18. The van der Waals surface area contributed by atoms with Crippen molar-refractivity contribution in [2.75, 3.05) is 11.1 Å². The Morgan fingerprint density at radius 2 is 1.65 bits per heavy atom. The summed E-state index contributed by atoms with van der Waals surface area (Å²) in [6.07, 6.45) is 0. The molecule has 31 heavy (non-hydrogen) atoms. The number of carbonyl (C=O) groups is 3. The van der Waals surface area contributed by atoms with E-state index in [0.29, 0.717) is 33.0 Å². The third-order valence-electron chi connectivity index (χ3n) is 4.87. The number of ketones is 2. The number of amides is 1. The van der Waals surface area contributed by atoms with Crippen molar-refractivity contribution in [3.8, 4) is 0 Å². The van der Waals surface area contributed by atoms with Gasteiger partial charge in [0.15, 0.2) is 15.9 Å². The van der Waals surface area contributed by atoms with Gasteiger partial charge in [-0.1, -0.05) is 47.6 Å². The molecule has 5 rings (SSSR count). The van der Waals surface area contributed by atoms with Crippen LogP contribution in [0.5, 0.6) is 0 Å². The number of benzene rings is 3. The molecule has 4 aromatic rings. The summed E-state index contributed by atoms with van der Waals surface area (Å²) in [7, 11) is 0. The van der Waals surface area contributed by atoms with Crippen LogP contribution in [0.2, 0.25) is 5.02 Å². The second-order valence-corrected chi connectivity index (χ2v) is 9.58. The van der Waals surface area contributed by atoms with E-state index in [4.69, 9.17) is 11.6 Å². The Morgan fingerprint density at radius 3 is 2.42 bits per heavy atom. The zero-order valence-electron chi connectivity index (χ0n) is 15.8. The maximum Gasteiger partial charge on any atom is 0.234 e. The highest BCUT2D eigenvalue weighted by atomic mass is 35.5. The predicted molar refractivity (Wildman–Crippen MR) is 124 cm³/mol. The van der Waals surface area contributed by atoms with Gasteiger partial charge in [0.05, 0.1) is 16.0 Å². The van der Waals surface area contributed by atoms with Gasteiger partial charge in [-0.25, -0.2) is 4.98 Å². The molecule has 1 heterocycles. The van der Waals surface area contributed by atoms with E-state index in [2.05, 4.69) is 10.3 Å². The van der Waals surface area contributed by atoms with E-state index in [1.54, 1.807) is 48.5 Å². The maximum absolute atomic E-state index is 12.8. The summed E-state index contributed by atoms with van der Waals surface area (Å²) in [5.41, 5.74) is 2.72. The second-order valence-electron chi connectivity index (χ2n) is 6.89. The molecule has 0 saturated heterocycles. The lowest BCUT2D eigenvalue weighted by molar-refractivity contribution is -0.113. The number of rotatable bonds is 4. The largest absolute Gasteiger partial charge is 0.325 e. The minimum atomic E-state index is -0.225. The zero-order chi connectivity index (χ0) is 21.5. The van der Waals surface area contributed by atoms with Crippen molar-refractivity contribution in [3.05, 3.63) is 87.9 Å². The molecular formula is C23H13ClN2O3S2. The van der Waals surface area contributed by atoms with Gasteiger partial charge in [0.25, 0.3) is 0 Å². The van der Waals surface area contributed by atoms with Gasteiger partial charge in [0, 0.05) is 33.0 Å². The number of hydrogen-bond acceptors (Lipinski definition) is 6. The number of carbonyl (C=O) groups excluding carboxylic acids is 3. The molecule has 0 atom stereocenters. The summed E-state index contributed by atoms with van der Waals surface area (Å²) in [4.78, 5) is 42.4. The third-order valence-corrected chi connectivity index (χ3v) is 7.28. The fourth-order valence-electron chi connectivity index (χ4n) is 3.44. The predicted octanol–water partition coefficient (Wildman–Crippen LogP) is 5.46. The van der Waals surface area contributed by atoms with Crippen molar-refractivity contribution in [3.63, 3.8) is 0 Å². The van der Waals surface area contributed by atoms with E-state index < -0.39 is 0 Å². The van der Waals surface area contributed by atoms with Gasteiger partial charge in [0.1, 0.15) is 0 Å². The number of fused-ring (bicyclic) bond motifs is 3. The summed E-state index contributed by atoms with van der Waals surface area (Å²) in [6.45, 7) is 0. The molecule has 5 nitrogen and oxygen atoms in total. The number of halogens is 1. The van der Waals surface area contributed by atoms with Gasteiger partial charge < -0.3 is 5.32 Å². The van der Waals surface area contributed by atoms with Gasteiger partial charge in [-0.3, -0.25) is 14.4 Å². The van der Waals surface area contributed by atoms with Crippen LogP contribution >= 0.6 is 34.7 Å². The molecule has 152 valence electrons. The minimum absolute atomic E-state index is 0.167. The van der Waals surface area contributed by atoms with Crippen LogP contribution in [0.4, 0.5) is 5.69 Å². The van der Waals surface area contributed by atoms with E-state index >= 15 is 0 Å². The molecule has 1 aliphatic carbocycles. The van der Waals surface area contributed by atoms with Crippen LogP contribution in [0, 0.1) is 0 Å². The smallest absolute Gasteiger partial charge is 0.234 e. The molecule has 0 aliphatic heterocycles. The second kappa shape index (κ2) is 7.92. The fraction of sp³-hybridized carbons (Fsp3) is 0.0435. The van der Waals surface area contributed by atoms with Crippen molar-refractivity contribution in [1.29, 1.82) is 0 Å². The zero-order valence-corrected chi connectivity index (χ0v) is 18.2. The molecule has 8 heteroatoms. The van der Waals surface area contributed by atoms with Crippen LogP contribution in [0.1, 0.15) is 31.8 Å². The number of nitrogens with zero attached hydrogens (tertiary/aromatic N) is 1. The summed E-state index contributed by atoms with van der Waals surface area (Å²) in [5.74, 6) is -0.462. The number of thioether (sulfide) groups is 1. The van der Waals surface area contributed by atoms with Crippen molar-refractivity contribution >= 4 is 68.1 Å². The molecule has 1 aliphatic rings. The number of hydrogen-bond donors (Lipinski definition) is 1. The van der Waals surface area contributed by atoms with E-state index in [0.717, 1.165) is 14.6 Å². The number of aromatic nitrogens is 1. The fourth-order valence-corrected chi connectivity index (χ4v) is 5.46. The summed E-state index contributed by atoms with van der Waals surface area (Å²) < 4.78 is 1.78. The van der Waals surface area contributed by atoms with Crippen molar-refractivity contribution in [2.24, 2.45) is 0 Å². The first kappa shape index (κ1) is 19.9. The molecule has 1 amide bonds. The number of thiazole rings is 1. The van der Waals surface area contributed by atoms with Crippen LogP contribution in [-0.2, 0) is 4.79 Å². The Morgan fingerprint density at radius 1 is 0.935 bits per heavy atom. The molecule has 0 radical (unpaired) electrons. The van der Waals surface area contributed by atoms with Crippen LogP contribution in [0.25, 0.3) is 10.2 Å². The average molecular weight is 465 g/mol. The third kappa shape index (κ3) is 3.76. The SMILES string of the molecule is O=C(CSc1nc2cc(Cl)ccc2s1)Nc1ccc2c(c1)C(=O)c1ccccc1C2=O. The average Bonchev–Trinajstić information content (AvgIpc) is 3.18. The molecular weight excluding hydrogens is 452 g/mol. The Labute approximate surface area is 190 Å². The number of nitrogens with one attached hydrogen (secondary N) is 1. The standard InChI is InChI=1S/C23H13ClN2O3S2/c24-12-5-8-19-18(9-12)26-23(31-19)30-11-20(27)25-13-6-7-16-17(10-13)22(29)15-4-2-1-3-14(15)21(16)28/h1-10H,11H2,(H,25,27). The van der Waals surface area contributed by atoms with Gasteiger partial charge in [-0.15, -0.1) is 11.3 Å². The molecule has 0 spiro atoms. The first-order valence-electron chi connectivity index (χ1n) is 9.31. The van der Waals surface area contributed by atoms with Crippen LogP contribution in [-0.4, -0.2) is 28.2 Å². The van der Waals surface area contributed by atoms with Gasteiger partial charge in [-0.2, -0.15) is 0 Å². The van der Waals surface area contributed by atoms with Crippen molar-refractivity contribution in [2.45, 2.75) is 4.34 Å². The van der Waals surface area contributed by atoms with Gasteiger partial charge in [-0.05, 0) is 36.4 Å². The summed E-state index contributed by atoms with van der Waals surface area (Å²) in [6, 6.07) is 17.1. The van der Waals surface area contributed by atoms with E-state index in [9.17, 15) is 14.4 Å². The Kier molecular flexibility index (Phi) is 5.09. The molecule has 3 aromatic carbocycles. The van der Waals surface area contributed by atoms with Gasteiger partial charge in [0.2, 0.25) is 5.91 Å². The molecule has 0 saturated carbocycles. The van der Waals surface area contributed by atoms with E-state index in [-0.39, 0.29) is 23.2 Å². The maximum atomic E-state index is 12.8. The Bertz CT molecular complexity index is 1400. The van der Waals surface area contributed by atoms with Crippen LogP contribution in [0.15, 0.2) is 65.0 Å². The monoisotopic (exact) mass is 464 g/mol. The lowest BCUT2D eigenvalue weighted by Crippen LogP contribution is -2.21. The van der Waals surface area contributed by atoms with Crippen LogP contribution in [0.3, 0.4) is 0 Å². The highest BCUT2D eigenvalue weighted by Crippen LogP contribution is 2.32. The quantitative estimate of drug-likeness (QED) is 0.357. The Hall–Kier alpha value is -3.00. The normalized spacial score (nSPS) is 12.5. The number of anilines is 1.